The van der Waals surface area contributed by atoms with E-state index < -0.39 is 0 Å². The number of carbonyl (C=O) groups excluding carboxylic acids is 1. The highest BCUT2D eigenvalue weighted by molar-refractivity contribution is 5.95. The molecule has 0 aromatic heterocycles. The minimum Gasteiger partial charge on any atom is -0.504 e. The number of benzene rings is 2. The van der Waals surface area contributed by atoms with E-state index in [1.54, 1.807) is 13.2 Å². The van der Waals surface area contributed by atoms with Gasteiger partial charge in [-0.25, -0.2) is 0 Å². The number of para-hydroxylation sites is 1. The van der Waals surface area contributed by atoms with Crippen molar-refractivity contribution in [1.29, 1.82) is 0 Å². The molecule has 0 radical (unpaired) electrons. The number of aromatic hydroxyl groups is 1. The van der Waals surface area contributed by atoms with Crippen molar-refractivity contribution < 1.29 is 14.6 Å². The lowest BCUT2D eigenvalue weighted by molar-refractivity contribution is 0.0953. The van der Waals surface area contributed by atoms with Crippen LogP contribution in [-0.2, 0) is 0 Å². The van der Waals surface area contributed by atoms with Gasteiger partial charge < -0.3 is 20.5 Å². The third-order valence-corrected chi connectivity index (χ3v) is 6.03. The Morgan fingerprint density at radius 1 is 1.28 bits per heavy atom. The number of amides is 1. The monoisotopic (exact) mass is 392 g/mol. The van der Waals surface area contributed by atoms with Crippen molar-refractivity contribution in [3.8, 4) is 11.5 Å². The summed E-state index contributed by atoms with van der Waals surface area (Å²) < 4.78 is 5.30. The van der Waals surface area contributed by atoms with E-state index in [0.29, 0.717) is 17.9 Å². The van der Waals surface area contributed by atoms with Gasteiger partial charge in [0.15, 0.2) is 11.5 Å². The Balaban J connectivity index is 1.65. The molecule has 2 aromatic carbocycles. The average Bonchev–Trinajstić information content (AvgIpc) is 3.23. The fourth-order valence-electron chi connectivity index (χ4n) is 4.48. The van der Waals surface area contributed by atoms with Crippen molar-refractivity contribution in [2.24, 2.45) is 5.92 Å². The molecule has 0 bridgehead atoms. The van der Waals surface area contributed by atoms with Crippen molar-refractivity contribution in [1.82, 2.24) is 5.32 Å². The number of unbranched alkanes of at least 4 members (excludes halogenated alkanes) is 1. The van der Waals surface area contributed by atoms with Crippen LogP contribution < -0.4 is 15.4 Å². The Morgan fingerprint density at radius 3 is 2.93 bits per heavy atom. The lowest BCUT2D eigenvalue weighted by atomic mass is 9.76. The second kappa shape index (κ2) is 8.19. The highest BCUT2D eigenvalue weighted by Crippen LogP contribution is 2.52. The summed E-state index contributed by atoms with van der Waals surface area (Å²) in [6.07, 6.45) is 7.39. The number of carbonyl (C=O) groups is 1. The van der Waals surface area contributed by atoms with Gasteiger partial charge in [-0.05, 0) is 48.6 Å². The number of hydrogen-bond acceptors (Lipinski definition) is 4. The third-order valence-electron chi connectivity index (χ3n) is 6.03. The summed E-state index contributed by atoms with van der Waals surface area (Å²) in [5.41, 5.74) is 3.69. The topological polar surface area (TPSA) is 70.6 Å². The maximum absolute atomic E-state index is 12.5. The summed E-state index contributed by atoms with van der Waals surface area (Å²) in [6.45, 7) is 2.81. The molecule has 152 valence electrons. The van der Waals surface area contributed by atoms with Gasteiger partial charge in [0.25, 0.3) is 5.91 Å². The molecule has 29 heavy (non-hydrogen) atoms. The van der Waals surface area contributed by atoms with E-state index >= 15 is 0 Å². The molecule has 2 aliphatic rings. The van der Waals surface area contributed by atoms with Crippen molar-refractivity contribution >= 4 is 11.6 Å². The Morgan fingerprint density at radius 2 is 2.14 bits per heavy atom. The number of phenolic OH excluding ortho intramolecular Hbond substituents is 1. The minimum atomic E-state index is -0.0261. The lowest BCUT2D eigenvalue weighted by Gasteiger charge is -2.38. The predicted octanol–water partition coefficient (Wildman–Crippen LogP) is 4.76. The molecule has 1 aliphatic heterocycles. The van der Waals surface area contributed by atoms with Crippen LogP contribution in [0.1, 0.15) is 59.6 Å². The van der Waals surface area contributed by atoms with Gasteiger partial charge in [-0.15, -0.1) is 0 Å². The van der Waals surface area contributed by atoms with E-state index in [0.717, 1.165) is 36.1 Å². The highest BCUT2D eigenvalue weighted by atomic mass is 16.5. The van der Waals surface area contributed by atoms with E-state index in [1.807, 2.05) is 30.3 Å². The summed E-state index contributed by atoms with van der Waals surface area (Å²) in [5.74, 6) is 1.14. The highest BCUT2D eigenvalue weighted by Gasteiger charge is 2.39. The zero-order chi connectivity index (χ0) is 20.4. The second-order valence-electron chi connectivity index (χ2n) is 7.79. The van der Waals surface area contributed by atoms with Crippen molar-refractivity contribution in [2.75, 3.05) is 19.0 Å². The molecule has 0 fully saturated rings. The summed E-state index contributed by atoms with van der Waals surface area (Å²) in [6, 6.07) is 11.5. The normalized spacial score (nSPS) is 21.8. The van der Waals surface area contributed by atoms with Crippen LogP contribution in [0.3, 0.4) is 0 Å². The van der Waals surface area contributed by atoms with Gasteiger partial charge in [-0.2, -0.15) is 0 Å². The molecule has 4 rings (SSSR count). The first-order valence-electron chi connectivity index (χ1n) is 10.3. The molecule has 1 heterocycles. The number of allylic oxidation sites excluding steroid dienone is 2. The first-order chi connectivity index (χ1) is 14.1. The summed E-state index contributed by atoms with van der Waals surface area (Å²) in [5, 5.41) is 17.3. The van der Waals surface area contributed by atoms with E-state index in [2.05, 4.69) is 29.7 Å². The first-order valence-corrected chi connectivity index (χ1v) is 10.3. The van der Waals surface area contributed by atoms with Gasteiger partial charge in [0, 0.05) is 29.3 Å². The Bertz CT molecular complexity index is 938. The van der Waals surface area contributed by atoms with Crippen LogP contribution in [0.25, 0.3) is 0 Å². The average molecular weight is 392 g/mol. The van der Waals surface area contributed by atoms with Gasteiger partial charge in [-0.3, -0.25) is 4.79 Å². The third kappa shape index (κ3) is 3.57. The van der Waals surface area contributed by atoms with E-state index in [4.69, 9.17) is 4.74 Å². The number of fused-ring (bicyclic) bond motifs is 3. The fraction of sp³-hybridized carbons (Fsp3) is 0.375. The number of anilines is 1. The van der Waals surface area contributed by atoms with Gasteiger partial charge in [0.2, 0.25) is 0 Å². The Kier molecular flexibility index (Phi) is 5.47. The van der Waals surface area contributed by atoms with Gasteiger partial charge in [-0.1, -0.05) is 37.6 Å². The van der Waals surface area contributed by atoms with Crippen LogP contribution in [0.2, 0.25) is 0 Å². The second-order valence-corrected chi connectivity index (χ2v) is 7.79. The number of methoxy groups -OCH3 is 1. The maximum Gasteiger partial charge on any atom is 0.251 e. The lowest BCUT2D eigenvalue weighted by Crippen LogP contribution is -2.30. The molecule has 0 spiro atoms. The van der Waals surface area contributed by atoms with Gasteiger partial charge in [0.1, 0.15) is 0 Å². The van der Waals surface area contributed by atoms with E-state index in [1.165, 1.54) is 0 Å². The predicted molar refractivity (Wildman–Crippen MR) is 115 cm³/mol. The van der Waals surface area contributed by atoms with Crippen molar-refractivity contribution in [3.63, 3.8) is 0 Å². The molecular formula is C24H28N2O3. The smallest absolute Gasteiger partial charge is 0.251 e. The van der Waals surface area contributed by atoms with Crippen LogP contribution in [0.5, 0.6) is 11.5 Å². The quantitative estimate of drug-likeness (QED) is 0.490. The number of ether oxygens (including phenoxy) is 1. The molecule has 5 heteroatoms. The fourth-order valence-corrected chi connectivity index (χ4v) is 4.48. The molecule has 1 amide bonds. The molecule has 5 nitrogen and oxygen atoms in total. The molecule has 0 saturated carbocycles. The largest absolute Gasteiger partial charge is 0.504 e. The number of hydrogen-bond donors (Lipinski definition) is 3. The first kappa shape index (κ1) is 19.4. The maximum atomic E-state index is 12.5. The van der Waals surface area contributed by atoms with Crippen LogP contribution in [0, 0.1) is 5.92 Å². The van der Waals surface area contributed by atoms with Crippen LogP contribution in [-0.4, -0.2) is 24.7 Å². The van der Waals surface area contributed by atoms with Crippen LogP contribution in [0.15, 0.2) is 48.6 Å². The number of nitrogens with one attached hydrogen (secondary N) is 2. The molecule has 3 atom stereocenters. The summed E-state index contributed by atoms with van der Waals surface area (Å²) in [4.78, 5) is 12.5. The zero-order valence-corrected chi connectivity index (χ0v) is 16.9. The summed E-state index contributed by atoms with van der Waals surface area (Å²) in [7, 11) is 1.56. The van der Waals surface area contributed by atoms with Gasteiger partial charge in [0.05, 0.1) is 13.2 Å². The standard InChI is InChI=1S/C24H28N2O3/c1-3-4-13-25-24(28)15-11-12-20-19(14-15)16-7-5-8-17(16)22(26-20)18-9-6-10-21(29-2)23(18)27/h5-7,9-12,14,16-17,22,26-27H,3-4,8,13H2,1-2H3,(H,25,28). The van der Waals surface area contributed by atoms with E-state index in [-0.39, 0.29) is 29.5 Å². The molecule has 0 saturated heterocycles. The minimum absolute atomic E-state index is 0.0210. The van der Waals surface area contributed by atoms with Gasteiger partial charge >= 0.3 is 0 Å². The number of rotatable bonds is 6. The summed E-state index contributed by atoms with van der Waals surface area (Å²) >= 11 is 0. The van der Waals surface area contributed by atoms with Crippen molar-refractivity contribution in [2.45, 2.75) is 38.1 Å². The van der Waals surface area contributed by atoms with E-state index in [9.17, 15) is 9.90 Å². The Labute approximate surface area is 171 Å². The van der Waals surface area contributed by atoms with Crippen molar-refractivity contribution in [3.05, 3.63) is 65.2 Å². The Hall–Kier alpha value is -2.95. The molecule has 3 N–H and O–H groups in total. The zero-order valence-electron chi connectivity index (χ0n) is 16.9. The molecule has 3 unspecified atom stereocenters. The molecular weight excluding hydrogens is 364 g/mol. The molecule has 1 aliphatic carbocycles. The van der Waals surface area contributed by atoms with Crippen LogP contribution in [0.4, 0.5) is 5.69 Å². The number of phenols is 1. The van der Waals surface area contributed by atoms with Crippen LogP contribution >= 0.6 is 0 Å². The molecule has 2 aromatic rings. The SMILES string of the molecule is CCCCNC(=O)c1ccc2c(c1)C1C=CCC1C(c1cccc(OC)c1O)N2.